The monoisotopic (exact) mass is 299 g/mol. The van der Waals surface area contributed by atoms with Crippen LogP contribution in [0.5, 0.6) is 0 Å². The minimum Gasteiger partial charge on any atom is -0.273 e. The van der Waals surface area contributed by atoms with Crippen LogP contribution in [0.3, 0.4) is 0 Å². The van der Waals surface area contributed by atoms with Gasteiger partial charge in [-0.2, -0.15) is 0 Å². The molecule has 1 aromatic carbocycles. The highest BCUT2D eigenvalue weighted by Gasteiger charge is 2.55. The number of non-ortho nitro benzene ring substituents is 1. The third kappa shape index (κ3) is 1.68. The number of benzene rings is 1. The van der Waals surface area contributed by atoms with E-state index in [1.165, 1.54) is 29.3 Å². The van der Waals surface area contributed by atoms with Gasteiger partial charge in [0.2, 0.25) is 11.8 Å². The smallest absolute Gasteiger partial charge is 0.269 e. The first-order valence-electron chi connectivity index (χ1n) is 7.13. The number of hydrazine groups is 1. The Balaban J connectivity index is 1.66. The molecule has 112 valence electrons. The zero-order valence-corrected chi connectivity index (χ0v) is 11.5. The topological polar surface area (TPSA) is 92.6 Å². The number of nitrogens with one attached hydrogen (secondary N) is 1. The minimum absolute atomic E-state index is 0.0553. The lowest BCUT2D eigenvalue weighted by Crippen LogP contribution is -2.60. The number of hydrogen-bond acceptors (Lipinski definition) is 4. The van der Waals surface area contributed by atoms with Crippen molar-refractivity contribution in [3.05, 3.63) is 46.5 Å². The van der Waals surface area contributed by atoms with Gasteiger partial charge in [-0.05, 0) is 30.4 Å². The maximum atomic E-state index is 12.7. The molecule has 1 N–H and O–H groups in total. The SMILES string of the molecule is O=C1NN(c2ccc([N+](=O)[O-])cc2)C(=O)[C@H]2[C@@H]1[C@H]1C=C[C@H]2C1. The Labute approximate surface area is 125 Å². The molecule has 0 spiro atoms. The first-order valence-corrected chi connectivity index (χ1v) is 7.13. The van der Waals surface area contributed by atoms with Gasteiger partial charge in [-0.3, -0.25) is 25.1 Å². The van der Waals surface area contributed by atoms with Crippen LogP contribution in [0.15, 0.2) is 36.4 Å². The van der Waals surface area contributed by atoms with Gasteiger partial charge in [-0.15, -0.1) is 0 Å². The van der Waals surface area contributed by atoms with E-state index in [0.717, 1.165) is 6.42 Å². The van der Waals surface area contributed by atoms with Crippen molar-refractivity contribution in [2.75, 3.05) is 5.01 Å². The summed E-state index contributed by atoms with van der Waals surface area (Å²) < 4.78 is 0. The molecule has 4 atom stereocenters. The Morgan fingerprint density at radius 2 is 1.73 bits per heavy atom. The molecule has 4 rings (SSSR count). The molecule has 2 aliphatic carbocycles. The van der Waals surface area contributed by atoms with Crippen LogP contribution < -0.4 is 10.4 Å². The number of nitrogens with zero attached hydrogens (tertiary/aromatic N) is 2. The molecular formula is C15H13N3O4. The van der Waals surface area contributed by atoms with Gasteiger partial charge >= 0.3 is 0 Å². The van der Waals surface area contributed by atoms with E-state index in [0.29, 0.717) is 5.69 Å². The van der Waals surface area contributed by atoms with Crippen LogP contribution in [0.2, 0.25) is 0 Å². The molecule has 7 heteroatoms. The fourth-order valence-corrected chi connectivity index (χ4v) is 3.82. The summed E-state index contributed by atoms with van der Waals surface area (Å²) >= 11 is 0. The predicted molar refractivity (Wildman–Crippen MR) is 76.4 cm³/mol. The van der Waals surface area contributed by atoms with Gasteiger partial charge in [0.1, 0.15) is 0 Å². The van der Waals surface area contributed by atoms with Crippen molar-refractivity contribution in [1.29, 1.82) is 0 Å². The number of carbonyl (C=O) groups excluding carboxylic acids is 2. The van der Waals surface area contributed by atoms with E-state index >= 15 is 0 Å². The molecule has 7 nitrogen and oxygen atoms in total. The van der Waals surface area contributed by atoms with Crippen LogP contribution in [0.4, 0.5) is 11.4 Å². The normalized spacial score (nSPS) is 32.1. The van der Waals surface area contributed by atoms with E-state index in [-0.39, 0.29) is 41.2 Å². The van der Waals surface area contributed by atoms with Crippen LogP contribution in [0, 0.1) is 33.8 Å². The fourth-order valence-electron chi connectivity index (χ4n) is 3.82. The number of nitro groups is 1. The summed E-state index contributed by atoms with van der Waals surface area (Å²) in [5, 5.41) is 11.9. The molecule has 1 saturated carbocycles. The zero-order chi connectivity index (χ0) is 15.4. The lowest BCUT2D eigenvalue weighted by molar-refractivity contribution is -0.384. The summed E-state index contributed by atoms with van der Waals surface area (Å²) in [4.78, 5) is 35.2. The second-order valence-corrected chi connectivity index (χ2v) is 5.92. The van der Waals surface area contributed by atoms with Gasteiger partial charge in [-0.25, -0.2) is 5.01 Å². The first kappa shape index (κ1) is 13.0. The van der Waals surface area contributed by atoms with Gasteiger partial charge < -0.3 is 0 Å². The third-order valence-corrected chi connectivity index (χ3v) is 4.81. The molecule has 2 bridgehead atoms. The number of allylic oxidation sites excluding steroid dienone is 2. The van der Waals surface area contributed by atoms with E-state index in [2.05, 4.69) is 5.43 Å². The summed E-state index contributed by atoms with van der Waals surface area (Å²) in [6.07, 6.45) is 4.90. The number of nitro benzene ring substituents is 1. The average molecular weight is 299 g/mol. The van der Waals surface area contributed by atoms with E-state index < -0.39 is 4.92 Å². The molecule has 0 unspecified atom stereocenters. The molecule has 1 aliphatic heterocycles. The molecule has 2 fully saturated rings. The van der Waals surface area contributed by atoms with Crippen molar-refractivity contribution in [3.8, 4) is 0 Å². The number of carbonyl (C=O) groups is 2. The van der Waals surface area contributed by atoms with Gasteiger partial charge in [0, 0.05) is 12.1 Å². The highest BCUT2D eigenvalue weighted by molar-refractivity contribution is 6.05. The summed E-state index contributed by atoms with van der Waals surface area (Å²) in [6.45, 7) is 0. The fraction of sp³-hybridized carbons (Fsp3) is 0.333. The lowest BCUT2D eigenvalue weighted by atomic mass is 9.80. The molecule has 3 aliphatic rings. The van der Waals surface area contributed by atoms with E-state index in [9.17, 15) is 19.7 Å². The molecule has 0 radical (unpaired) electrons. The Kier molecular flexibility index (Phi) is 2.60. The van der Waals surface area contributed by atoms with Crippen molar-refractivity contribution in [1.82, 2.24) is 5.43 Å². The summed E-state index contributed by atoms with van der Waals surface area (Å²) in [5.41, 5.74) is 3.01. The number of amides is 2. The zero-order valence-electron chi connectivity index (χ0n) is 11.5. The number of hydrogen-bond donors (Lipinski definition) is 1. The van der Waals surface area contributed by atoms with Crippen LogP contribution in [0.25, 0.3) is 0 Å². The maximum absolute atomic E-state index is 12.7. The maximum Gasteiger partial charge on any atom is 0.269 e. The molecule has 1 heterocycles. The largest absolute Gasteiger partial charge is 0.273 e. The van der Waals surface area contributed by atoms with Crippen LogP contribution in [0.1, 0.15) is 6.42 Å². The highest BCUT2D eigenvalue weighted by atomic mass is 16.6. The number of fused-ring (bicyclic) bond motifs is 5. The molecule has 1 aromatic rings. The van der Waals surface area contributed by atoms with Crippen molar-refractivity contribution >= 4 is 23.2 Å². The second kappa shape index (κ2) is 4.40. The second-order valence-electron chi connectivity index (χ2n) is 5.92. The molecule has 1 saturated heterocycles. The van der Waals surface area contributed by atoms with E-state index in [1.807, 2.05) is 12.2 Å². The first-order chi connectivity index (χ1) is 10.6. The average Bonchev–Trinajstić information content (AvgIpc) is 3.12. The van der Waals surface area contributed by atoms with Crippen LogP contribution in [-0.2, 0) is 9.59 Å². The predicted octanol–water partition coefficient (Wildman–Crippen LogP) is 1.41. The summed E-state index contributed by atoms with van der Waals surface area (Å²) in [5.74, 6) is -0.627. The van der Waals surface area contributed by atoms with E-state index in [4.69, 9.17) is 0 Å². The Hall–Kier alpha value is -2.70. The molecule has 0 aromatic heterocycles. The summed E-state index contributed by atoms with van der Waals surface area (Å²) in [6, 6.07) is 5.59. The molecule has 2 amide bonds. The summed E-state index contributed by atoms with van der Waals surface area (Å²) in [7, 11) is 0. The Bertz CT molecular complexity index is 712. The van der Waals surface area contributed by atoms with Gasteiger partial charge in [-0.1, -0.05) is 12.2 Å². The number of rotatable bonds is 2. The molecular weight excluding hydrogens is 286 g/mol. The Morgan fingerprint density at radius 3 is 2.36 bits per heavy atom. The van der Waals surface area contributed by atoms with E-state index in [1.54, 1.807) is 0 Å². The van der Waals surface area contributed by atoms with Crippen LogP contribution >= 0.6 is 0 Å². The number of anilines is 1. The molecule has 22 heavy (non-hydrogen) atoms. The van der Waals surface area contributed by atoms with Crippen molar-refractivity contribution in [3.63, 3.8) is 0 Å². The van der Waals surface area contributed by atoms with Crippen molar-refractivity contribution in [2.24, 2.45) is 23.7 Å². The van der Waals surface area contributed by atoms with Gasteiger partial charge in [0.05, 0.1) is 22.4 Å². The third-order valence-electron chi connectivity index (χ3n) is 4.81. The lowest BCUT2D eigenvalue weighted by Gasteiger charge is -2.37. The van der Waals surface area contributed by atoms with Gasteiger partial charge in [0.15, 0.2) is 0 Å². The van der Waals surface area contributed by atoms with Crippen molar-refractivity contribution in [2.45, 2.75) is 6.42 Å². The van der Waals surface area contributed by atoms with Crippen LogP contribution in [-0.4, -0.2) is 16.7 Å². The quantitative estimate of drug-likeness (QED) is 0.507. The Morgan fingerprint density at radius 1 is 1.09 bits per heavy atom. The van der Waals surface area contributed by atoms with Gasteiger partial charge in [0.25, 0.3) is 5.69 Å². The minimum atomic E-state index is -0.503. The standard InChI is InChI=1S/C15H13N3O4/c19-14-12-8-1-2-9(7-8)13(12)15(20)17(16-14)10-3-5-11(6-4-10)18(21)22/h1-6,8-9,12-13H,7H2,(H,16,19)/t8-,9-,12-,13+/m0/s1. The van der Waals surface area contributed by atoms with Crippen molar-refractivity contribution < 1.29 is 14.5 Å². The highest BCUT2D eigenvalue weighted by Crippen LogP contribution is 2.50.